The average molecular weight is 276 g/mol. The Kier molecular flexibility index (Phi) is 6.21. The number of benzene rings is 1. The number of nitrogens with one attached hydrogen (secondary N) is 1. The third-order valence-corrected chi connectivity index (χ3v) is 3.33. The topological polar surface area (TPSA) is 55.1 Å². The highest BCUT2D eigenvalue weighted by atomic mass is 16.1. The van der Waals surface area contributed by atoms with Crippen molar-refractivity contribution in [3.05, 3.63) is 35.9 Å². The Morgan fingerprint density at radius 1 is 1.25 bits per heavy atom. The molecule has 1 aromatic carbocycles. The van der Waals surface area contributed by atoms with Crippen LogP contribution in [0.5, 0.6) is 0 Å². The van der Waals surface area contributed by atoms with Crippen LogP contribution in [0.25, 0.3) is 0 Å². The lowest BCUT2D eigenvalue weighted by atomic mass is 9.85. The third kappa shape index (κ3) is 6.20. The number of nitrogens with two attached hydrogens (primary N) is 1. The van der Waals surface area contributed by atoms with E-state index in [0.29, 0.717) is 6.42 Å². The van der Waals surface area contributed by atoms with Crippen molar-refractivity contribution in [3.8, 4) is 0 Å². The lowest BCUT2D eigenvalue weighted by Crippen LogP contribution is -2.35. The fraction of sp³-hybridized carbons (Fsp3) is 0.588. The summed E-state index contributed by atoms with van der Waals surface area (Å²) < 4.78 is 0. The number of rotatable bonds is 6. The summed E-state index contributed by atoms with van der Waals surface area (Å²) in [4.78, 5) is 12.1. The van der Waals surface area contributed by atoms with E-state index in [4.69, 9.17) is 5.73 Å². The minimum atomic E-state index is -0.0546. The first-order chi connectivity index (χ1) is 9.31. The molecule has 3 nitrogen and oxygen atoms in total. The molecule has 3 heteroatoms. The fourth-order valence-electron chi connectivity index (χ4n) is 2.19. The van der Waals surface area contributed by atoms with Crippen LogP contribution in [-0.2, 0) is 4.79 Å². The molecule has 0 aliphatic rings. The minimum Gasteiger partial charge on any atom is -0.349 e. The number of hydrogen-bond acceptors (Lipinski definition) is 2. The van der Waals surface area contributed by atoms with Gasteiger partial charge in [-0.05, 0) is 23.8 Å². The lowest BCUT2D eigenvalue weighted by Gasteiger charge is -2.27. The molecule has 0 saturated carbocycles. The van der Waals surface area contributed by atoms with Crippen molar-refractivity contribution < 1.29 is 4.79 Å². The molecular formula is C17H28N2O. The Labute approximate surface area is 122 Å². The van der Waals surface area contributed by atoms with Crippen LogP contribution in [0.4, 0.5) is 0 Å². The van der Waals surface area contributed by atoms with Gasteiger partial charge in [0.05, 0.1) is 6.04 Å². The van der Waals surface area contributed by atoms with Gasteiger partial charge in [0.2, 0.25) is 5.91 Å². The first-order valence-electron chi connectivity index (χ1n) is 7.41. The summed E-state index contributed by atoms with van der Waals surface area (Å²) in [5.41, 5.74) is 7.16. The van der Waals surface area contributed by atoms with E-state index in [1.807, 2.05) is 25.1 Å². The molecule has 0 radical (unpaired) electrons. The van der Waals surface area contributed by atoms with E-state index in [1.54, 1.807) is 0 Å². The zero-order valence-corrected chi connectivity index (χ0v) is 13.1. The number of hydrogen-bond donors (Lipinski definition) is 2. The standard InChI is InChI=1S/C17H28N2O/c1-5-14(18)11-16(20)19-15(12-17(2,3)4)13-9-7-6-8-10-13/h6-10,14-15H,5,11-12,18H2,1-4H3,(H,19,20). The molecule has 2 atom stereocenters. The van der Waals surface area contributed by atoms with Crippen molar-refractivity contribution in [1.29, 1.82) is 0 Å². The molecule has 0 fully saturated rings. The third-order valence-electron chi connectivity index (χ3n) is 3.33. The fourth-order valence-corrected chi connectivity index (χ4v) is 2.19. The van der Waals surface area contributed by atoms with E-state index in [9.17, 15) is 4.79 Å². The second-order valence-corrected chi connectivity index (χ2v) is 6.67. The Hall–Kier alpha value is -1.35. The van der Waals surface area contributed by atoms with Crippen LogP contribution < -0.4 is 11.1 Å². The van der Waals surface area contributed by atoms with Gasteiger partial charge < -0.3 is 11.1 Å². The molecule has 112 valence electrons. The molecule has 1 rings (SSSR count). The smallest absolute Gasteiger partial charge is 0.222 e. The molecule has 1 amide bonds. The zero-order chi connectivity index (χ0) is 15.2. The molecule has 0 bridgehead atoms. The van der Waals surface area contributed by atoms with Crippen molar-refractivity contribution in [2.45, 2.75) is 59.0 Å². The lowest BCUT2D eigenvalue weighted by molar-refractivity contribution is -0.122. The van der Waals surface area contributed by atoms with Crippen LogP contribution in [0.1, 0.15) is 58.6 Å². The van der Waals surface area contributed by atoms with Crippen molar-refractivity contribution in [1.82, 2.24) is 5.32 Å². The molecule has 20 heavy (non-hydrogen) atoms. The Morgan fingerprint density at radius 2 is 1.85 bits per heavy atom. The SMILES string of the molecule is CCC(N)CC(=O)NC(CC(C)(C)C)c1ccccc1. The van der Waals surface area contributed by atoms with Crippen LogP contribution >= 0.6 is 0 Å². The molecule has 2 unspecified atom stereocenters. The molecule has 0 saturated heterocycles. The Morgan fingerprint density at radius 3 is 2.35 bits per heavy atom. The predicted molar refractivity (Wildman–Crippen MR) is 84.3 cm³/mol. The van der Waals surface area contributed by atoms with Crippen molar-refractivity contribution >= 4 is 5.91 Å². The second-order valence-electron chi connectivity index (χ2n) is 6.67. The summed E-state index contributed by atoms with van der Waals surface area (Å²) in [6.45, 7) is 8.56. The van der Waals surface area contributed by atoms with Gasteiger partial charge in [-0.1, -0.05) is 58.0 Å². The predicted octanol–water partition coefficient (Wildman–Crippen LogP) is 3.41. The molecule has 0 spiro atoms. The van der Waals surface area contributed by atoms with Gasteiger partial charge in [-0.25, -0.2) is 0 Å². The van der Waals surface area contributed by atoms with Crippen LogP contribution in [0.3, 0.4) is 0 Å². The van der Waals surface area contributed by atoms with E-state index in [-0.39, 0.29) is 23.4 Å². The Balaban J connectivity index is 2.76. The van der Waals surface area contributed by atoms with Crippen LogP contribution in [0.2, 0.25) is 0 Å². The van der Waals surface area contributed by atoms with E-state index in [1.165, 1.54) is 0 Å². The van der Waals surface area contributed by atoms with Crippen LogP contribution in [0, 0.1) is 5.41 Å². The first-order valence-corrected chi connectivity index (χ1v) is 7.41. The summed E-state index contributed by atoms with van der Waals surface area (Å²) in [5, 5.41) is 3.14. The summed E-state index contributed by atoms with van der Waals surface area (Å²) in [6, 6.07) is 10.1. The van der Waals surface area contributed by atoms with E-state index >= 15 is 0 Å². The normalized spacial score (nSPS) is 14.7. The molecule has 0 aromatic heterocycles. The number of carbonyl (C=O) groups is 1. The molecule has 3 N–H and O–H groups in total. The monoisotopic (exact) mass is 276 g/mol. The van der Waals surface area contributed by atoms with Crippen molar-refractivity contribution in [2.24, 2.45) is 11.1 Å². The average Bonchev–Trinajstić information content (AvgIpc) is 2.37. The second kappa shape index (κ2) is 7.44. The van der Waals surface area contributed by atoms with Crippen LogP contribution in [-0.4, -0.2) is 11.9 Å². The summed E-state index contributed by atoms with van der Waals surface area (Å²) in [5.74, 6) is 0.0393. The largest absolute Gasteiger partial charge is 0.349 e. The van der Waals surface area contributed by atoms with Gasteiger partial charge in [-0.15, -0.1) is 0 Å². The van der Waals surface area contributed by atoms with Gasteiger partial charge in [0.25, 0.3) is 0 Å². The van der Waals surface area contributed by atoms with Crippen molar-refractivity contribution in [2.75, 3.05) is 0 Å². The van der Waals surface area contributed by atoms with Gasteiger partial charge in [0, 0.05) is 12.5 Å². The maximum atomic E-state index is 12.1. The van der Waals surface area contributed by atoms with Crippen LogP contribution in [0.15, 0.2) is 30.3 Å². The van der Waals surface area contributed by atoms with E-state index < -0.39 is 0 Å². The highest BCUT2D eigenvalue weighted by Gasteiger charge is 2.22. The highest BCUT2D eigenvalue weighted by molar-refractivity contribution is 5.77. The highest BCUT2D eigenvalue weighted by Crippen LogP contribution is 2.29. The summed E-state index contributed by atoms with van der Waals surface area (Å²) >= 11 is 0. The van der Waals surface area contributed by atoms with E-state index in [0.717, 1.165) is 18.4 Å². The molecular weight excluding hydrogens is 248 g/mol. The van der Waals surface area contributed by atoms with Gasteiger partial charge in [0.1, 0.15) is 0 Å². The molecule has 1 aromatic rings. The van der Waals surface area contributed by atoms with Gasteiger partial charge in [-0.3, -0.25) is 4.79 Å². The number of carbonyl (C=O) groups excluding carboxylic acids is 1. The molecule has 0 aliphatic carbocycles. The molecule has 0 heterocycles. The maximum Gasteiger partial charge on any atom is 0.222 e. The van der Waals surface area contributed by atoms with Gasteiger partial charge in [0.15, 0.2) is 0 Å². The summed E-state index contributed by atoms with van der Waals surface area (Å²) in [6.07, 6.45) is 2.12. The van der Waals surface area contributed by atoms with Gasteiger partial charge >= 0.3 is 0 Å². The van der Waals surface area contributed by atoms with Crippen molar-refractivity contribution in [3.63, 3.8) is 0 Å². The maximum absolute atomic E-state index is 12.1. The minimum absolute atomic E-state index is 0.0393. The number of amides is 1. The molecule has 0 aliphatic heterocycles. The quantitative estimate of drug-likeness (QED) is 0.836. The zero-order valence-electron chi connectivity index (χ0n) is 13.1. The Bertz CT molecular complexity index is 409. The van der Waals surface area contributed by atoms with Gasteiger partial charge in [-0.2, -0.15) is 0 Å². The van der Waals surface area contributed by atoms with E-state index in [2.05, 4.69) is 38.2 Å². The first kappa shape index (κ1) is 16.7. The summed E-state index contributed by atoms with van der Waals surface area (Å²) in [7, 11) is 0.